The minimum absolute atomic E-state index is 0.0236. The second kappa shape index (κ2) is 4.75. The van der Waals surface area contributed by atoms with Gasteiger partial charge in [0.2, 0.25) is 11.8 Å². The highest BCUT2D eigenvalue weighted by atomic mass is 16.6. The molecule has 0 atom stereocenters. The summed E-state index contributed by atoms with van der Waals surface area (Å²) in [4.78, 5) is 20.7. The third kappa shape index (κ3) is 2.34. The molecule has 0 unspecified atom stereocenters. The van der Waals surface area contributed by atoms with E-state index in [1.165, 1.54) is 0 Å². The number of nitrogens with zero attached hydrogens (tertiary/aromatic N) is 4. The maximum atomic E-state index is 11.2. The summed E-state index contributed by atoms with van der Waals surface area (Å²) in [5.41, 5.74) is 5.91. The number of rotatable bonds is 5. The number of nitro groups is 1. The SMILES string of the molecule is CCCN(c1nc(N)nc(C)c1[N+](=O)[O-])C1CC1. The van der Waals surface area contributed by atoms with Crippen LogP contribution in [0.15, 0.2) is 0 Å². The maximum Gasteiger partial charge on any atom is 0.332 e. The van der Waals surface area contributed by atoms with Crippen LogP contribution in [0, 0.1) is 17.0 Å². The molecule has 0 aliphatic heterocycles. The summed E-state index contributed by atoms with van der Waals surface area (Å²) in [5.74, 6) is 0.462. The molecule has 0 amide bonds. The molecule has 7 nitrogen and oxygen atoms in total. The molecule has 0 radical (unpaired) electrons. The van der Waals surface area contributed by atoms with E-state index in [0.717, 1.165) is 25.8 Å². The Kier molecular flexibility index (Phi) is 3.31. The minimum atomic E-state index is -0.421. The van der Waals surface area contributed by atoms with E-state index in [1.54, 1.807) is 6.92 Å². The van der Waals surface area contributed by atoms with Gasteiger partial charge < -0.3 is 10.6 Å². The van der Waals surface area contributed by atoms with Crippen molar-refractivity contribution in [2.24, 2.45) is 0 Å². The molecule has 2 N–H and O–H groups in total. The first kappa shape index (κ1) is 12.5. The van der Waals surface area contributed by atoms with E-state index in [-0.39, 0.29) is 11.6 Å². The fourth-order valence-corrected chi connectivity index (χ4v) is 2.08. The number of anilines is 2. The lowest BCUT2D eigenvalue weighted by Gasteiger charge is -2.22. The normalized spacial score (nSPS) is 14.6. The van der Waals surface area contributed by atoms with Crippen LogP contribution in [0.2, 0.25) is 0 Å². The molecular weight excluding hydrogens is 234 g/mol. The Morgan fingerprint density at radius 3 is 2.67 bits per heavy atom. The quantitative estimate of drug-likeness (QED) is 0.631. The van der Waals surface area contributed by atoms with Crippen LogP contribution in [-0.4, -0.2) is 27.5 Å². The predicted octanol–water partition coefficient (Wildman–Crippen LogP) is 1.65. The average molecular weight is 251 g/mol. The van der Waals surface area contributed by atoms with Gasteiger partial charge in [-0.2, -0.15) is 4.98 Å². The molecule has 1 aromatic rings. The third-order valence-electron chi connectivity index (χ3n) is 2.96. The van der Waals surface area contributed by atoms with Gasteiger partial charge in [0.25, 0.3) is 0 Å². The summed E-state index contributed by atoms with van der Waals surface area (Å²) in [6.07, 6.45) is 3.02. The Labute approximate surface area is 105 Å². The Hall–Kier alpha value is -1.92. The number of nitrogen functional groups attached to an aromatic ring is 1. The van der Waals surface area contributed by atoms with Gasteiger partial charge in [0.15, 0.2) is 0 Å². The van der Waals surface area contributed by atoms with E-state index in [1.807, 2.05) is 11.8 Å². The van der Waals surface area contributed by atoms with Crippen molar-refractivity contribution < 1.29 is 4.92 Å². The maximum absolute atomic E-state index is 11.2. The van der Waals surface area contributed by atoms with E-state index in [2.05, 4.69) is 9.97 Å². The summed E-state index contributed by atoms with van der Waals surface area (Å²) in [7, 11) is 0. The minimum Gasteiger partial charge on any atom is -0.368 e. The van der Waals surface area contributed by atoms with Crippen molar-refractivity contribution in [2.45, 2.75) is 39.2 Å². The smallest absolute Gasteiger partial charge is 0.332 e. The van der Waals surface area contributed by atoms with Crippen molar-refractivity contribution in [1.29, 1.82) is 0 Å². The summed E-state index contributed by atoms with van der Waals surface area (Å²) in [5, 5.41) is 11.2. The van der Waals surface area contributed by atoms with Gasteiger partial charge in [-0.25, -0.2) is 4.98 Å². The Bertz CT molecular complexity index is 473. The van der Waals surface area contributed by atoms with Crippen LogP contribution in [0.5, 0.6) is 0 Å². The summed E-state index contributed by atoms with van der Waals surface area (Å²) >= 11 is 0. The topological polar surface area (TPSA) is 98.2 Å². The number of hydrogen-bond donors (Lipinski definition) is 1. The predicted molar refractivity (Wildman–Crippen MR) is 68.5 cm³/mol. The molecule has 1 heterocycles. The first-order valence-electron chi connectivity index (χ1n) is 6.09. The van der Waals surface area contributed by atoms with Gasteiger partial charge >= 0.3 is 5.69 Å². The zero-order valence-electron chi connectivity index (χ0n) is 10.6. The summed E-state index contributed by atoms with van der Waals surface area (Å²) in [6, 6.07) is 0.359. The van der Waals surface area contributed by atoms with Crippen LogP contribution >= 0.6 is 0 Å². The fraction of sp³-hybridized carbons (Fsp3) is 0.636. The van der Waals surface area contributed by atoms with E-state index >= 15 is 0 Å². The molecule has 1 aliphatic carbocycles. The van der Waals surface area contributed by atoms with Crippen LogP contribution < -0.4 is 10.6 Å². The van der Waals surface area contributed by atoms with Crippen molar-refractivity contribution in [3.05, 3.63) is 15.8 Å². The lowest BCUT2D eigenvalue weighted by molar-refractivity contribution is -0.385. The fourth-order valence-electron chi connectivity index (χ4n) is 2.08. The van der Waals surface area contributed by atoms with Gasteiger partial charge in [-0.1, -0.05) is 6.92 Å². The van der Waals surface area contributed by atoms with Gasteiger partial charge in [-0.15, -0.1) is 0 Å². The number of nitrogens with two attached hydrogens (primary N) is 1. The highest BCUT2D eigenvalue weighted by molar-refractivity contribution is 5.63. The lowest BCUT2D eigenvalue weighted by atomic mass is 10.3. The van der Waals surface area contributed by atoms with E-state index in [0.29, 0.717) is 17.6 Å². The Morgan fingerprint density at radius 1 is 1.50 bits per heavy atom. The summed E-state index contributed by atoms with van der Waals surface area (Å²) in [6.45, 7) is 4.39. The average Bonchev–Trinajstić information content (AvgIpc) is 3.07. The standard InChI is InChI=1S/C11H17N5O2/c1-3-6-15(8-4-5-8)10-9(16(17)18)7(2)13-11(12)14-10/h8H,3-6H2,1-2H3,(H2,12,13,14). The second-order valence-electron chi connectivity index (χ2n) is 4.52. The zero-order valence-corrected chi connectivity index (χ0v) is 10.6. The molecular formula is C11H17N5O2. The van der Waals surface area contributed by atoms with Gasteiger partial charge in [0.1, 0.15) is 5.69 Å². The van der Waals surface area contributed by atoms with Crippen LogP contribution in [0.1, 0.15) is 31.9 Å². The first-order chi connectivity index (χ1) is 8.54. The molecule has 0 aromatic carbocycles. The van der Waals surface area contributed by atoms with Crippen molar-refractivity contribution in [1.82, 2.24) is 9.97 Å². The monoisotopic (exact) mass is 251 g/mol. The highest BCUT2D eigenvalue weighted by Gasteiger charge is 2.35. The molecule has 1 fully saturated rings. The summed E-state index contributed by atoms with van der Waals surface area (Å²) < 4.78 is 0. The largest absolute Gasteiger partial charge is 0.368 e. The van der Waals surface area contributed by atoms with Crippen molar-refractivity contribution >= 4 is 17.5 Å². The molecule has 0 bridgehead atoms. The van der Waals surface area contributed by atoms with E-state index in [9.17, 15) is 10.1 Å². The molecule has 7 heteroatoms. The lowest BCUT2D eigenvalue weighted by Crippen LogP contribution is -2.29. The highest BCUT2D eigenvalue weighted by Crippen LogP contribution is 2.37. The Balaban J connectivity index is 2.48. The molecule has 0 saturated heterocycles. The van der Waals surface area contributed by atoms with Crippen molar-refractivity contribution in [3.63, 3.8) is 0 Å². The number of hydrogen-bond acceptors (Lipinski definition) is 6. The van der Waals surface area contributed by atoms with E-state index in [4.69, 9.17) is 5.73 Å². The van der Waals surface area contributed by atoms with Gasteiger partial charge in [0.05, 0.1) is 4.92 Å². The van der Waals surface area contributed by atoms with Gasteiger partial charge in [-0.3, -0.25) is 10.1 Å². The van der Waals surface area contributed by atoms with Gasteiger partial charge in [-0.05, 0) is 26.2 Å². The van der Waals surface area contributed by atoms with Crippen LogP contribution in [0.4, 0.5) is 17.5 Å². The number of aromatic nitrogens is 2. The zero-order chi connectivity index (χ0) is 13.3. The van der Waals surface area contributed by atoms with Crippen LogP contribution in [-0.2, 0) is 0 Å². The first-order valence-corrected chi connectivity index (χ1v) is 6.09. The molecule has 18 heavy (non-hydrogen) atoms. The molecule has 2 rings (SSSR count). The van der Waals surface area contributed by atoms with Crippen LogP contribution in [0.3, 0.4) is 0 Å². The number of aryl methyl sites for hydroxylation is 1. The third-order valence-corrected chi connectivity index (χ3v) is 2.96. The molecule has 98 valence electrons. The second-order valence-corrected chi connectivity index (χ2v) is 4.52. The molecule has 1 aliphatic rings. The molecule has 1 aromatic heterocycles. The van der Waals surface area contributed by atoms with Crippen LogP contribution in [0.25, 0.3) is 0 Å². The van der Waals surface area contributed by atoms with Crippen molar-refractivity contribution in [2.75, 3.05) is 17.2 Å². The van der Waals surface area contributed by atoms with E-state index < -0.39 is 4.92 Å². The van der Waals surface area contributed by atoms with Crippen molar-refractivity contribution in [3.8, 4) is 0 Å². The molecule has 1 saturated carbocycles. The molecule has 0 spiro atoms. The van der Waals surface area contributed by atoms with Gasteiger partial charge in [0, 0.05) is 12.6 Å². The Morgan fingerprint density at radius 2 is 2.17 bits per heavy atom.